The lowest BCUT2D eigenvalue weighted by Gasteiger charge is -2.09. The van der Waals surface area contributed by atoms with Crippen molar-refractivity contribution in [3.63, 3.8) is 0 Å². The predicted octanol–water partition coefficient (Wildman–Crippen LogP) is 3.91. The van der Waals surface area contributed by atoms with E-state index in [9.17, 15) is 9.90 Å². The highest BCUT2D eigenvalue weighted by molar-refractivity contribution is 5.83. The number of imidazole rings is 2. The summed E-state index contributed by atoms with van der Waals surface area (Å²) in [5.41, 5.74) is 6.08. The van der Waals surface area contributed by atoms with Crippen LogP contribution in [0, 0.1) is 6.92 Å². The average Bonchev–Trinajstić information content (AvgIpc) is 3.10. The number of nitrogens with zero attached hydrogens (tertiary/aromatic N) is 3. The van der Waals surface area contributed by atoms with E-state index >= 15 is 0 Å². The first-order valence-corrected chi connectivity index (χ1v) is 8.37. The number of carboxylic acid groups (broad SMARTS) is 1. The highest BCUT2D eigenvalue weighted by Gasteiger charge is 2.22. The van der Waals surface area contributed by atoms with Crippen LogP contribution >= 0.6 is 0 Å². The fraction of sp³-hybridized carbons (Fsp3) is 0.200. The average molecular weight is 333 g/mol. The number of benzene rings is 2. The van der Waals surface area contributed by atoms with Crippen molar-refractivity contribution >= 4 is 22.8 Å². The molecule has 0 radical (unpaired) electrons. The van der Waals surface area contributed by atoms with Crippen LogP contribution in [-0.2, 0) is 17.8 Å². The lowest BCUT2D eigenvalue weighted by atomic mass is 10.1. The van der Waals surface area contributed by atoms with Gasteiger partial charge in [-0.3, -0.25) is 13.8 Å². The molecule has 0 spiro atoms. The Bertz CT molecular complexity index is 1090. The molecule has 0 fully saturated rings. The number of hydrogen-bond acceptors (Lipinski definition) is 2. The molecule has 126 valence electrons. The minimum absolute atomic E-state index is 0.115. The number of para-hydroxylation sites is 2. The topological polar surface area (TPSA) is 59.5 Å². The van der Waals surface area contributed by atoms with Gasteiger partial charge in [0, 0.05) is 5.56 Å². The van der Waals surface area contributed by atoms with Gasteiger partial charge in [-0.15, -0.1) is 0 Å². The van der Waals surface area contributed by atoms with Gasteiger partial charge in [-0.05, 0) is 25.5 Å². The normalized spacial score (nSPS) is 11.4. The summed E-state index contributed by atoms with van der Waals surface area (Å²) in [6.07, 6.45) is 0.784. The van der Waals surface area contributed by atoms with E-state index in [1.54, 1.807) is 0 Å². The van der Waals surface area contributed by atoms with Gasteiger partial charge in [0.15, 0.2) is 0 Å². The molecule has 0 aliphatic rings. The Labute approximate surface area is 145 Å². The van der Waals surface area contributed by atoms with Crippen LogP contribution in [0.15, 0.2) is 48.5 Å². The summed E-state index contributed by atoms with van der Waals surface area (Å²) in [4.78, 5) is 16.2. The summed E-state index contributed by atoms with van der Waals surface area (Å²) < 4.78 is 3.90. The number of aryl methyl sites for hydroxylation is 2. The summed E-state index contributed by atoms with van der Waals surface area (Å²) in [6, 6.07) is 16.1. The van der Waals surface area contributed by atoms with Crippen molar-refractivity contribution in [2.75, 3.05) is 0 Å². The third-order valence-electron chi connectivity index (χ3n) is 4.55. The zero-order chi connectivity index (χ0) is 17.6. The summed E-state index contributed by atoms with van der Waals surface area (Å²) in [6.45, 7) is 4.02. The Morgan fingerprint density at radius 1 is 1.12 bits per heavy atom. The standard InChI is InChI=1S/C20H19N3O2/c1-3-16-19(14-10-8-13(2)9-11-14)22(12-18(24)25)20-21-15-6-4-5-7-17(15)23(16)20/h4-11H,3,12H2,1-2H3,(H,24,25). The first-order chi connectivity index (χ1) is 12.1. The molecule has 0 aliphatic heterocycles. The van der Waals surface area contributed by atoms with Crippen LogP contribution in [0.3, 0.4) is 0 Å². The van der Waals surface area contributed by atoms with Crippen molar-refractivity contribution in [1.29, 1.82) is 0 Å². The Kier molecular flexibility index (Phi) is 3.57. The molecule has 1 N–H and O–H groups in total. The Morgan fingerprint density at radius 3 is 2.52 bits per heavy atom. The van der Waals surface area contributed by atoms with Crippen LogP contribution in [-0.4, -0.2) is 25.0 Å². The molecule has 0 unspecified atom stereocenters. The largest absolute Gasteiger partial charge is 0.480 e. The number of rotatable bonds is 4. The molecule has 4 rings (SSSR count). The molecule has 0 atom stereocenters. The number of hydrogen-bond donors (Lipinski definition) is 1. The maximum Gasteiger partial charge on any atom is 0.323 e. The molecular weight excluding hydrogens is 314 g/mol. The second-order valence-corrected chi connectivity index (χ2v) is 6.23. The van der Waals surface area contributed by atoms with Gasteiger partial charge in [0.25, 0.3) is 0 Å². The monoisotopic (exact) mass is 333 g/mol. The highest BCUT2D eigenvalue weighted by atomic mass is 16.4. The SMILES string of the molecule is CCc1c(-c2ccc(C)cc2)n(CC(=O)O)c2nc3ccccc3n12. The number of carboxylic acids is 1. The van der Waals surface area contributed by atoms with Gasteiger partial charge < -0.3 is 5.11 Å². The van der Waals surface area contributed by atoms with E-state index in [0.29, 0.717) is 5.78 Å². The smallest absolute Gasteiger partial charge is 0.323 e. The molecule has 5 heteroatoms. The first-order valence-electron chi connectivity index (χ1n) is 8.37. The van der Waals surface area contributed by atoms with Crippen molar-refractivity contribution in [2.45, 2.75) is 26.8 Å². The second kappa shape index (κ2) is 5.77. The van der Waals surface area contributed by atoms with Crippen LogP contribution in [0.4, 0.5) is 0 Å². The molecule has 5 nitrogen and oxygen atoms in total. The van der Waals surface area contributed by atoms with E-state index in [0.717, 1.165) is 34.4 Å². The fourth-order valence-corrected chi connectivity index (χ4v) is 3.47. The second-order valence-electron chi connectivity index (χ2n) is 6.23. The molecule has 2 aromatic carbocycles. The van der Waals surface area contributed by atoms with Gasteiger partial charge in [-0.2, -0.15) is 0 Å². The van der Waals surface area contributed by atoms with Crippen molar-refractivity contribution < 1.29 is 9.90 Å². The molecule has 0 saturated heterocycles. The molecule has 2 aromatic heterocycles. The van der Waals surface area contributed by atoms with Crippen molar-refractivity contribution in [3.8, 4) is 11.3 Å². The van der Waals surface area contributed by atoms with Crippen LogP contribution in [0.5, 0.6) is 0 Å². The van der Waals surface area contributed by atoms with E-state index < -0.39 is 5.97 Å². The summed E-state index contributed by atoms with van der Waals surface area (Å²) in [5.74, 6) is -0.198. The van der Waals surface area contributed by atoms with E-state index in [-0.39, 0.29) is 6.54 Å². The van der Waals surface area contributed by atoms with E-state index in [1.165, 1.54) is 5.56 Å². The highest BCUT2D eigenvalue weighted by Crippen LogP contribution is 2.31. The Hall–Kier alpha value is -3.08. The summed E-state index contributed by atoms with van der Waals surface area (Å²) in [7, 11) is 0. The number of aromatic nitrogens is 3. The first kappa shape index (κ1) is 15.4. The minimum Gasteiger partial charge on any atom is -0.480 e. The van der Waals surface area contributed by atoms with Crippen molar-refractivity contribution in [1.82, 2.24) is 14.0 Å². The maximum absolute atomic E-state index is 11.5. The Balaban J connectivity index is 2.12. The lowest BCUT2D eigenvalue weighted by Crippen LogP contribution is -2.10. The van der Waals surface area contributed by atoms with Crippen molar-refractivity contribution in [2.24, 2.45) is 0 Å². The fourth-order valence-electron chi connectivity index (χ4n) is 3.47. The van der Waals surface area contributed by atoms with Gasteiger partial charge >= 0.3 is 5.97 Å². The third kappa shape index (κ3) is 2.39. The molecule has 4 aromatic rings. The van der Waals surface area contributed by atoms with Crippen LogP contribution in [0.1, 0.15) is 18.2 Å². The van der Waals surface area contributed by atoms with Crippen molar-refractivity contribution in [3.05, 3.63) is 59.8 Å². The molecule has 0 saturated carbocycles. The quantitative estimate of drug-likeness (QED) is 0.616. The molecule has 2 heterocycles. The van der Waals surface area contributed by atoms with Gasteiger partial charge in [0.1, 0.15) is 6.54 Å². The summed E-state index contributed by atoms with van der Waals surface area (Å²) in [5, 5.41) is 9.44. The summed E-state index contributed by atoms with van der Waals surface area (Å²) >= 11 is 0. The number of carbonyl (C=O) groups is 1. The van der Waals surface area contributed by atoms with Gasteiger partial charge in [0.2, 0.25) is 5.78 Å². The molecule has 0 aliphatic carbocycles. The molecular formula is C20H19N3O2. The van der Waals surface area contributed by atoms with Gasteiger partial charge in [0.05, 0.1) is 22.4 Å². The zero-order valence-electron chi connectivity index (χ0n) is 14.2. The molecule has 0 bridgehead atoms. The minimum atomic E-state index is -0.874. The Morgan fingerprint density at radius 2 is 1.84 bits per heavy atom. The zero-order valence-corrected chi connectivity index (χ0v) is 14.2. The van der Waals surface area contributed by atoms with E-state index in [1.807, 2.05) is 60.0 Å². The van der Waals surface area contributed by atoms with E-state index in [2.05, 4.69) is 11.3 Å². The molecule has 0 amide bonds. The van der Waals surface area contributed by atoms with Gasteiger partial charge in [-0.25, -0.2) is 4.98 Å². The lowest BCUT2D eigenvalue weighted by molar-refractivity contribution is -0.137. The van der Waals surface area contributed by atoms with Crippen LogP contribution in [0.25, 0.3) is 28.1 Å². The maximum atomic E-state index is 11.5. The van der Waals surface area contributed by atoms with E-state index in [4.69, 9.17) is 4.98 Å². The molecule has 25 heavy (non-hydrogen) atoms. The van der Waals surface area contributed by atoms with Crippen LogP contribution < -0.4 is 0 Å². The third-order valence-corrected chi connectivity index (χ3v) is 4.55. The van der Waals surface area contributed by atoms with Crippen LogP contribution in [0.2, 0.25) is 0 Å². The number of aliphatic carboxylic acids is 1. The number of fused-ring (bicyclic) bond motifs is 3. The predicted molar refractivity (Wildman–Crippen MR) is 97.9 cm³/mol. The van der Waals surface area contributed by atoms with Gasteiger partial charge in [-0.1, -0.05) is 48.9 Å².